The number of hydrogen-bond donors (Lipinski definition) is 0. The third-order valence-corrected chi connectivity index (χ3v) is 15.5. The van der Waals surface area contributed by atoms with Gasteiger partial charge in [0.05, 0.1) is 48.2 Å². The molecular weight excluding hydrogens is 1170 g/mol. The number of alkyl halides is 1. The van der Waals surface area contributed by atoms with Crippen molar-refractivity contribution in [2.24, 2.45) is 53.3 Å². The molecule has 476 valence electrons. The summed E-state index contributed by atoms with van der Waals surface area (Å²) in [6.45, 7) is 18.0. The smallest absolute Gasteiger partial charge is 0.416 e. The summed E-state index contributed by atoms with van der Waals surface area (Å²) in [5, 5.41) is 0.772. The minimum atomic E-state index is -2.67. The lowest BCUT2D eigenvalue weighted by Gasteiger charge is -2.26. The number of rotatable bonds is 34. The highest BCUT2D eigenvalue weighted by atomic mass is 79.9. The van der Waals surface area contributed by atoms with Gasteiger partial charge in [-0.2, -0.15) is 0 Å². The Bertz CT molecular complexity index is 3030. The number of esters is 1. The van der Waals surface area contributed by atoms with E-state index >= 15 is 0 Å². The molecule has 0 N–H and O–H groups in total. The summed E-state index contributed by atoms with van der Waals surface area (Å²) >= 11 is 3.35. The highest BCUT2D eigenvalue weighted by molar-refractivity contribution is 9.09. The predicted octanol–water partition coefficient (Wildman–Crippen LogP) is 14.3. The topological polar surface area (TPSA) is 179 Å². The second-order valence-corrected chi connectivity index (χ2v) is 23.9. The zero-order valence-electron chi connectivity index (χ0n) is 58.5. The van der Waals surface area contributed by atoms with Crippen LogP contribution in [0.3, 0.4) is 0 Å². The van der Waals surface area contributed by atoms with Gasteiger partial charge in [0, 0.05) is 86.8 Å². The molecule has 2 unspecified atom stereocenters. The number of carbonyl (C=O) groups is 6. The van der Waals surface area contributed by atoms with Crippen LogP contribution in [0.15, 0.2) is 121 Å². The first-order valence-electron chi connectivity index (χ1n) is 33.2. The average Bonchev–Trinajstić information content (AvgIpc) is 1.82. The molecule has 0 spiro atoms. The van der Waals surface area contributed by atoms with E-state index in [1.807, 2.05) is 140 Å². The van der Waals surface area contributed by atoms with Crippen molar-refractivity contribution in [3.63, 3.8) is 0 Å². The second kappa shape index (κ2) is 39.3. The molecule has 0 aliphatic carbocycles. The van der Waals surface area contributed by atoms with E-state index in [2.05, 4.69) is 15.9 Å². The van der Waals surface area contributed by atoms with Crippen molar-refractivity contribution < 1.29 is 74.9 Å². The van der Waals surface area contributed by atoms with Gasteiger partial charge < -0.3 is 37.9 Å². The molecule has 2 aliphatic rings. The molecule has 0 saturated carbocycles. The van der Waals surface area contributed by atoms with Gasteiger partial charge in [-0.05, 0) is 103 Å². The van der Waals surface area contributed by atoms with Gasteiger partial charge in [-0.25, -0.2) is 9.69 Å². The Labute approximate surface area is 534 Å². The van der Waals surface area contributed by atoms with E-state index in [1.165, 1.54) is 23.1 Å². The number of imide groups is 1. The number of amides is 2. The van der Waals surface area contributed by atoms with Crippen molar-refractivity contribution in [1.82, 2.24) is 4.90 Å². The number of ether oxygens (including phenoxy) is 8. The van der Waals surface area contributed by atoms with E-state index in [4.69, 9.17) is 46.1 Å². The third kappa shape index (κ3) is 23.8. The largest absolute Gasteiger partial charge is 0.493 e. The predicted molar refractivity (Wildman–Crippen MR) is 344 cm³/mol. The van der Waals surface area contributed by atoms with E-state index in [9.17, 15) is 28.8 Å². The Morgan fingerprint density at radius 3 is 1.63 bits per heavy atom. The Morgan fingerprint density at radius 2 is 1.11 bits per heavy atom. The molecule has 15 nitrogen and oxygen atoms in total. The van der Waals surface area contributed by atoms with E-state index in [-0.39, 0.29) is 113 Å². The van der Waals surface area contributed by atoms with Crippen LogP contribution < -0.4 is 18.9 Å². The molecule has 0 aromatic heterocycles. The van der Waals surface area contributed by atoms with Crippen LogP contribution in [-0.4, -0.2) is 120 Å². The molecule has 4 aromatic carbocycles. The van der Waals surface area contributed by atoms with Gasteiger partial charge in [-0.3, -0.25) is 24.0 Å². The fourth-order valence-corrected chi connectivity index (χ4v) is 10.5. The molecule has 2 fully saturated rings. The highest BCUT2D eigenvalue weighted by Crippen LogP contribution is 2.35. The SMILES string of the molecule is CC(C)[C@H](C/C=C/CBr)C(=O)C1C(=O)OC[C@@H]1Cc1ccccc1.[2H]C([2H])([2H])Oc1ccc(C(=O)C(C/C=C/C[C@@H](C(=O)N2C(=O)OC[C@H]2Cc2ccccc2)C(C)C)C(C)C)cc1OCCCOC.[2H]C([2H])([2H])Oc1ccc(C(=O)CC(C)C)cc1OCCCOC. The summed E-state index contributed by atoms with van der Waals surface area (Å²) in [7, 11) is -2.08. The normalized spacial score (nSPS) is 18.0. The van der Waals surface area contributed by atoms with Gasteiger partial charge in [0.15, 0.2) is 40.3 Å². The van der Waals surface area contributed by atoms with Crippen LogP contribution in [0.1, 0.15) is 134 Å². The van der Waals surface area contributed by atoms with Gasteiger partial charge in [0.2, 0.25) is 5.91 Å². The van der Waals surface area contributed by atoms with Crippen molar-refractivity contribution in [3.8, 4) is 23.0 Å². The summed E-state index contributed by atoms with van der Waals surface area (Å²) < 4.78 is 86.0. The van der Waals surface area contributed by atoms with Crippen LogP contribution in [0.4, 0.5) is 4.79 Å². The van der Waals surface area contributed by atoms with Gasteiger partial charge in [0.1, 0.15) is 12.5 Å². The quantitative estimate of drug-likeness (QED) is 0.0108. The minimum Gasteiger partial charge on any atom is -0.493 e. The molecule has 2 aliphatic heterocycles. The first-order valence-corrected chi connectivity index (χ1v) is 31.3. The van der Waals surface area contributed by atoms with Crippen LogP contribution >= 0.6 is 15.9 Å². The van der Waals surface area contributed by atoms with Crippen molar-refractivity contribution in [1.29, 1.82) is 0 Å². The molecule has 2 amide bonds. The Balaban J connectivity index is 0.000000329. The Hall–Kier alpha value is -6.62. The maximum Gasteiger partial charge on any atom is 0.416 e. The number of Topliss-reactive ketones (excluding diaryl/α,β-unsaturated/α-hetero) is 3. The fourth-order valence-electron chi connectivity index (χ4n) is 10.2. The van der Waals surface area contributed by atoms with Crippen molar-refractivity contribution >= 4 is 51.2 Å². The van der Waals surface area contributed by atoms with E-state index < -0.39 is 32.0 Å². The standard InChI is InChI=1S/C35H47NO7.C20H25BrO3.C16H24O4/c1-24(2)29(33(37)27-17-18-31(41-6)32(22-27)42-20-12-19-40-5)15-10-11-16-30(25(3)4)34(38)36-28(23-43-35(36)39)21-26-13-8-7-9-14-26;1-14(2)17(10-6-7-11-21)19(22)18-16(13-24-20(18)23)12-15-8-4-3-5-9-15;1-12(2)10-14(17)13-6-7-15(19-4)16(11-13)20-9-5-8-18-3/h7-11,13-14,17-18,22,24-25,28-30H,12,15-16,19-21,23H2,1-6H3;3-9,14,16-18H,10-13H2,1-2H3;6-7,11-12H,5,8-10H2,1-4H3/b11-10+;7-6+;/t28-,29?,30-;16-,17-,18?;/m10./s1/i6D3;;4D3. The fraction of sp³-hybridized carbons (Fsp3) is 0.521. The van der Waals surface area contributed by atoms with Crippen molar-refractivity contribution in [3.05, 3.63) is 144 Å². The summed E-state index contributed by atoms with van der Waals surface area (Å²) in [6, 6.07) is 28.4. The molecule has 6 atom stereocenters. The second-order valence-electron chi connectivity index (χ2n) is 23.2. The van der Waals surface area contributed by atoms with Gasteiger partial charge in [-0.1, -0.05) is 156 Å². The number of cyclic esters (lactones) is 2. The molecule has 2 heterocycles. The van der Waals surface area contributed by atoms with Gasteiger partial charge in [-0.15, -0.1) is 0 Å². The Kier molecular flexibility index (Phi) is 28.6. The van der Waals surface area contributed by atoms with E-state index in [0.29, 0.717) is 88.9 Å². The minimum absolute atomic E-state index is 0.00201. The molecule has 16 heteroatoms. The zero-order chi connectivity index (χ0) is 68.8. The van der Waals surface area contributed by atoms with Crippen LogP contribution in [-0.2, 0) is 46.2 Å². The van der Waals surface area contributed by atoms with Gasteiger partial charge >= 0.3 is 12.1 Å². The number of allylic oxidation sites excluding steroid dienone is 4. The van der Waals surface area contributed by atoms with Gasteiger partial charge in [0.25, 0.3) is 0 Å². The number of carbonyl (C=O) groups excluding carboxylic acids is 6. The number of hydrogen-bond acceptors (Lipinski definition) is 14. The summed E-state index contributed by atoms with van der Waals surface area (Å²) in [4.78, 5) is 78.6. The molecule has 4 aromatic rings. The molecule has 87 heavy (non-hydrogen) atoms. The lowest BCUT2D eigenvalue weighted by atomic mass is 9.77. The Morgan fingerprint density at radius 1 is 0.609 bits per heavy atom. The summed E-state index contributed by atoms with van der Waals surface area (Å²) in [5.74, 6) is -1.34. The van der Waals surface area contributed by atoms with E-state index in [0.717, 1.165) is 16.5 Å². The molecule has 6 rings (SSSR count). The molecule has 0 radical (unpaired) electrons. The van der Waals surface area contributed by atoms with Crippen LogP contribution in [0.5, 0.6) is 23.0 Å². The van der Waals surface area contributed by atoms with Crippen molar-refractivity contribution in [2.75, 3.05) is 73.3 Å². The first-order chi connectivity index (χ1) is 44.1. The highest BCUT2D eigenvalue weighted by Gasteiger charge is 2.45. The first kappa shape index (κ1) is 63.4. The number of nitrogens with zero attached hydrogens (tertiary/aromatic N) is 1. The number of ketones is 3. The molecule has 2 saturated heterocycles. The maximum atomic E-state index is 13.7. The van der Waals surface area contributed by atoms with Crippen LogP contribution in [0.2, 0.25) is 0 Å². The number of benzene rings is 4. The molecular formula is C71H96BrNO14. The van der Waals surface area contributed by atoms with Crippen LogP contribution in [0.25, 0.3) is 0 Å². The third-order valence-electron chi connectivity index (χ3n) is 15.2. The lowest BCUT2D eigenvalue weighted by molar-refractivity contribution is -0.146. The summed E-state index contributed by atoms with van der Waals surface area (Å²) in [5.41, 5.74) is 3.04. The average molecular weight is 1270 g/mol. The zero-order valence-corrected chi connectivity index (χ0v) is 54.1. The van der Waals surface area contributed by atoms with Crippen molar-refractivity contribution in [2.45, 2.75) is 113 Å². The monoisotopic (exact) mass is 1270 g/mol. The number of methoxy groups -OCH3 is 4. The van der Waals surface area contributed by atoms with E-state index in [1.54, 1.807) is 32.4 Å². The number of halogens is 1. The maximum absolute atomic E-state index is 13.7. The summed E-state index contributed by atoms with van der Waals surface area (Å²) in [6.07, 6.45) is 11.6. The van der Waals surface area contributed by atoms with Crippen LogP contribution in [0, 0.1) is 53.3 Å². The lowest BCUT2D eigenvalue weighted by Crippen LogP contribution is -2.44. The molecule has 0 bridgehead atoms.